The quantitative estimate of drug-likeness (QED) is 0.792. The molecule has 2 rings (SSSR count). The summed E-state index contributed by atoms with van der Waals surface area (Å²) in [6.07, 6.45) is 1.84. The fourth-order valence-electron chi connectivity index (χ4n) is 2.47. The fourth-order valence-corrected chi connectivity index (χ4v) is 2.47. The van der Waals surface area contributed by atoms with Crippen LogP contribution in [0.4, 0.5) is 4.79 Å². The lowest BCUT2D eigenvalue weighted by atomic mass is 10.0. The minimum Gasteiger partial charge on any atom is -0.497 e. The van der Waals surface area contributed by atoms with Gasteiger partial charge in [0.25, 0.3) is 0 Å². The summed E-state index contributed by atoms with van der Waals surface area (Å²) < 4.78 is 12.2. The van der Waals surface area contributed by atoms with Gasteiger partial charge in [-0.3, -0.25) is 4.68 Å². The number of nitrogens with one attached hydrogen (secondary N) is 1. The second-order valence-electron chi connectivity index (χ2n) is 6.98. The van der Waals surface area contributed by atoms with Crippen LogP contribution in [0.2, 0.25) is 0 Å². The number of amides is 1. The van der Waals surface area contributed by atoms with Crippen molar-refractivity contribution < 1.29 is 19.4 Å². The number of aliphatic hydroxyl groups is 1. The Morgan fingerprint density at radius 3 is 2.54 bits per heavy atom. The number of carbonyl (C=O) groups excluding carboxylic acids is 1. The van der Waals surface area contributed by atoms with Gasteiger partial charge in [0.05, 0.1) is 32.0 Å². The molecule has 0 bridgehead atoms. The molecule has 26 heavy (non-hydrogen) atoms. The highest BCUT2D eigenvalue weighted by atomic mass is 16.6. The smallest absolute Gasteiger partial charge is 0.408 e. The van der Waals surface area contributed by atoms with Crippen LogP contribution in [-0.2, 0) is 17.7 Å². The highest BCUT2D eigenvalue weighted by molar-refractivity contribution is 5.68. The van der Waals surface area contributed by atoms with Crippen LogP contribution in [0.1, 0.15) is 38.1 Å². The average molecular weight is 361 g/mol. The summed E-state index contributed by atoms with van der Waals surface area (Å²) in [6.45, 7) is 5.87. The van der Waals surface area contributed by atoms with E-state index in [4.69, 9.17) is 14.6 Å². The van der Waals surface area contributed by atoms with Crippen LogP contribution in [0.15, 0.2) is 36.5 Å². The van der Waals surface area contributed by atoms with E-state index in [9.17, 15) is 4.79 Å². The molecule has 1 amide bonds. The third-order valence-electron chi connectivity index (χ3n) is 3.64. The van der Waals surface area contributed by atoms with Crippen molar-refractivity contribution in [3.05, 3.63) is 47.8 Å². The zero-order valence-corrected chi connectivity index (χ0v) is 15.7. The average Bonchev–Trinajstić information content (AvgIpc) is 3.02. The lowest BCUT2D eigenvalue weighted by Gasteiger charge is -2.23. The molecule has 1 aromatic heterocycles. The largest absolute Gasteiger partial charge is 0.497 e. The summed E-state index contributed by atoms with van der Waals surface area (Å²) >= 11 is 0. The Bertz CT molecular complexity index is 704. The highest BCUT2D eigenvalue weighted by Gasteiger charge is 2.22. The number of methoxy groups -OCH3 is 1. The summed E-state index contributed by atoms with van der Waals surface area (Å²) in [6, 6.07) is 9.15. The van der Waals surface area contributed by atoms with Gasteiger partial charge in [0.1, 0.15) is 11.4 Å². The summed E-state index contributed by atoms with van der Waals surface area (Å²) in [7, 11) is 1.62. The Hall–Kier alpha value is -2.54. The van der Waals surface area contributed by atoms with Gasteiger partial charge in [-0.05, 0) is 51.0 Å². The first-order chi connectivity index (χ1) is 12.3. The second kappa shape index (κ2) is 8.71. The zero-order chi connectivity index (χ0) is 19.2. The minimum atomic E-state index is -0.578. The lowest BCUT2D eigenvalue weighted by molar-refractivity contribution is 0.0502. The predicted octanol–water partition coefficient (Wildman–Crippen LogP) is 2.69. The Morgan fingerprint density at radius 2 is 1.96 bits per heavy atom. The molecule has 2 aromatic rings. The standard InChI is InChI=1S/C19H27N3O4/c1-19(2,3)26-18(24)20-17(16-9-10-22(21-16)11-12-23)13-14-5-7-15(25-4)8-6-14/h5-10,17,23H,11-13H2,1-4H3,(H,20,24). The van der Waals surface area contributed by atoms with Crippen LogP contribution in [0.3, 0.4) is 0 Å². The predicted molar refractivity (Wildman–Crippen MR) is 98.1 cm³/mol. The van der Waals surface area contributed by atoms with Crippen molar-refractivity contribution in [2.24, 2.45) is 0 Å². The maximum atomic E-state index is 12.2. The molecule has 0 aliphatic heterocycles. The molecule has 1 aromatic carbocycles. The number of rotatable bonds is 7. The molecule has 0 aliphatic carbocycles. The maximum Gasteiger partial charge on any atom is 0.408 e. The summed E-state index contributed by atoms with van der Waals surface area (Å²) in [5, 5.41) is 16.4. The number of carbonyl (C=O) groups is 1. The fraction of sp³-hybridized carbons (Fsp3) is 0.474. The molecule has 0 aliphatic rings. The van der Waals surface area contributed by atoms with Gasteiger partial charge in [-0.2, -0.15) is 5.10 Å². The van der Waals surface area contributed by atoms with Gasteiger partial charge < -0.3 is 19.9 Å². The molecule has 0 saturated carbocycles. The van der Waals surface area contributed by atoms with Crippen LogP contribution < -0.4 is 10.1 Å². The Morgan fingerprint density at radius 1 is 1.27 bits per heavy atom. The molecule has 7 heteroatoms. The first kappa shape index (κ1) is 19.8. The normalized spacial score (nSPS) is 12.5. The van der Waals surface area contributed by atoms with E-state index in [1.54, 1.807) is 18.0 Å². The number of aliphatic hydroxyl groups excluding tert-OH is 1. The topological polar surface area (TPSA) is 85.6 Å². The molecule has 0 saturated heterocycles. The summed E-state index contributed by atoms with van der Waals surface area (Å²) in [5.41, 5.74) is 1.16. The maximum absolute atomic E-state index is 12.2. The van der Waals surface area contributed by atoms with E-state index in [1.807, 2.05) is 51.1 Å². The van der Waals surface area contributed by atoms with Crippen molar-refractivity contribution in [2.75, 3.05) is 13.7 Å². The van der Waals surface area contributed by atoms with Gasteiger partial charge in [0.2, 0.25) is 0 Å². The van der Waals surface area contributed by atoms with Gasteiger partial charge in [-0.25, -0.2) is 4.79 Å². The van der Waals surface area contributed by atoms with E-state index >= 15 is 0 Å². The van der Waals surface area contributed by atoms with Crippen molar-refractivity contribution in [1.82, 2.24) is 15.1 Å². The number of hydrogen-bond donors (Lipinski definition) is 2. The number of alkyl carbamates (subject to hydrolysis) is 1. The lowest BCUT2D eigenvalue weighted by Crippen LogP contribution is -2.36. The number of aromatic nitrogens is 2. The van der Waals surface area contributed by atoms with Gasteiger partial charge in [0, 0.05) is 6.20 Å². The van der Waals surface area contributed by atoms with E-state index in [0.29, 0.717) is 18.7 Å². The molecule has 142 valence electrons. The van der Waals surface area contributed by atoms with Crippen molar-refractivity contribution in [1.29, 1.82) is 0 Å². The Labute approximate surface area is 153 Å². The third kappa shape index (κ3) is 6.07. The Balaban J connectivity index is 2.17. The van der Waals surface area contributed by atoms with Crippen molar-refractivity contribution in [3.63, 3.8) is 0 Å². The van der Waals surface area contributed by atoms with Gasteiger partial charge in [-0.1, -0.05) is 12.1 Å². The van der Waals surface area contributed by atoms with Crippen molar-refractivity contribution in [3.8, 4) is 5.75 Å². The zero-order valence-electron chi connectivity index (χ0n) is 15.7. The van der Waals surface area contributed by atoms with Crippen LogP contribution in [0.25, 0.3) is 0 Å². The Kier molecular flexibility index (Phi) is 6.63. The molecule has 0 fully saturated rings. The first-order valence-corrected chi connectivity index (χ1v) is 8.57. The van der Waals surface area contributed by atoms with Gasteiger partial charge in [-0.15, -0.1) is 0 Å². The number of ether oxygens (including phenoxy) is 2. The molecule has 7 nitrogen and oxygen atoms in total. The van der Waals surface area contributed by atoms with Crippen molar-refractivity contribution >= 4 is 6.09 Å². The van der Waals surface area contributed by atoms with E-state index in [0.717, 1.165) is 11.3 Å². The van der Waals surface area contributed by atoms with E-state index < -0.39 is 11.7 Å². The van der Waals surface area contributed by atoms with Gasteiger partial charge in [0.15, 0.2) is 0 Å². The van der Waals surface area contributed by atoms with E-state index in [1.165, 1.54) is 0 Å². The molecule has 2 N–H and O–H groups in total. The van der Waals surface area contributed by atoms with E-state index in [-0.39, 0.29) is 12.6 Å². The van der Waals surface area contributed by atoms with Crippen molar-refractivity contribution in [2.45, 2.75) is 45.4 Å². The monoisotopic (exact) mass is 361 g/mol. The van der Waals surface area contributed by atoms with Crippen LogP contribution in [-0.4, -0.2) is 40.3 Å². The number of benzene rings is 1. The third-order valence-corrected chi connectivity index (χ3v) is 3.64. The SMILES string of the molecule is COc1ccc(CC(NC(=O)OC(C)(C)C)c2ccn(CCO)n2)cc1. The molecule has 1 unspecified atom stereocenters. The second-order valence-corrected chi connectivity index (χ2v) is 6.98. The molecule has 0 radical (unpaired) electrons. The first-order valence-electron chi connectivity index (χ1n) is 8.57. The van der Waals surface area contributed by atoms with E-state index in [2.05, 4.69) is 10.4 Å². The molecule has 1 atom stereocenters. The summed E-state index contributed by atoms with van der Waals surface area (Å²) in [4.78, 5) is 12.2. The molecule has 1 heterocycles. The molecular formula is C19H27N3O4. The highest BCUT2D eigenvalue weighted by Crippen LogP contribution is 2.20. The molecular weight excluding hydrogens is 334 g/mol. The minimum absolute atomic E-state index is 0.00373. The number of nitrogens with zero attached hydrogens (tertiary/aromatic N) is 2. The molecule has 0 spiro atoms. The number of hydrogen-bond acceptors (Lipinski definition) is 5. The summed E-state index contributed by atoms with van der Waals surface area (Å²) in [5.74, 6) is 0.776. The van der Waals surface area contributed by atoms with Gasteiger partial charge >= 0.3 is 6.09 Å². The van der Waals surface area contributed by atoms with Crippen LogP contribution >= 0.6 is 0 Å². The van der Waals surface area contributed by atoms with Crippen LogP contribution in [0, 0.1) is 0 Å². The van der Waals surface area contributed by atoms with Crippen LogP contribution in [0.5, 0.6) is 5.75 Å².